The molecular formula is C6H12NO. The number of hydrogen-bond donors (Lipinski definition) is 1. The smallest absolute Gasteiger partial charge is 0.216 e. The molecule has 2 heteroatoms. The monoisotopic (exact) mass is 114 g/mol. The average molecular weight is 114 g/mol. The number of carbonyl (C=O) groups excluding carboxylic acids is 1. The van der Waals surface area contributed by atoms with Crippen LogP contribution in [0.15, 0.2) is 0 Å². The molecule has 8 heavy (non-hydrogen) atoms. The van der Waals surface area contributed by atoms with Gasteiger partial charge in [-0.15, -0.1) is 0 Å². The van der Waals surface area contributed by atoms with Gasteiger partial charge >= 0.3 is 0 Å². The van der Waals surface area contributed by atoms with E-state index in [4.69, 9.17) is 0 Å². The number of hydrogen-bond acceptors (Lipinski definition) is 2. The first kappa shape index (κ1) is 7.63. The summed E-state index contributed by atoms with van der Waals surface area (Å²) in [5, 5.41) is 2.83. The zero-order valence-electron chi connectivity index (χ0n) is 5.40. The van der Waals surface area contributed by atoms with Crippen molar-refractivity contribution in [3.63, 3.8) is 0 Å². The summed E-state index contributed by atoms with van der Waals surface area (Å²) in [5.74, 6) is 0. The number of rotatable bonds is 4. The Balaban J connectivity index is 3.21. The summed E-state index contributed by atoms with van der Waals surface area (Å²) in [7, 11) is 1.77. The highest BCUT2D eigenvalue weighted by Gasteiger charge is 2.00. The third kappa shape index (κ3) is 2.75. The average Bonchev–Trinajstić information content (AvgIpc) is 1.83. The second-order valence-corrected chi connectivity index (χ2v) is 1.75. The molecule has 2 nitrogen and oxygen atoms in total. The van der Waals surface area contributed by atoms with Crippen molar-refractivity contribution in [3.8, 4) is 0 Å². The molecule has 0 aliphatic rings. The van der Waals surface area contributed by atoms with Gasteiger partial charge < -0.3 is 5.32 Å². The van der Waals surface area contributed by atoms with Crippen molar-refractivity contribution >= 4 is 6.29 Å². The first-order chi connectivity index (χ1) is 3.85. The Hall–Kier alpha value is -0.370. The van der Waals surface area contributed by atoms with Crippen LogP contribution in [0.1, 0.15) is 19.8 Å². The summed E-state index contributed by atoms with van der Waals surface area (Å²) in [5.41, 5.74) is 0. The van der Waals surface area contributed by atoms with Gasteiger partial charge in [-0.05, 0) is 13.5 Å². The highest BCUT2D eigenvalue weighted by Crippen LogP contribution is 1.90. The van der Waals surface area contributed by atoms with Gasteiger partial charge in [-0.1, -0.05) is 13.3 Å². The maximum absolute atomic E-state index is 9.94. The van der Waals surface area contributed by atoms with E-state index >= 15 is 0 Å². The van der Waals surface area contributed by atoms with E-state index < -0.39 is 0 Å². The molecule has 0 amide bonds. The molecule has 0 aromatic heterocycles. The zero-order valence-corrected chi connectivity index (χ0v) is 5.40. The number of likely N-dealkylation sites (N-methyl/N-ethyl adjacent to an activating group) is 1. The van der Waals surface area contributed by atoms with Crippen molar-refractivity contribution in [2.45, 2.75) is 25.8 Å². The van der Waals surface area contributed by atoms with Gasteiger partial charge in [0, 0.05) is 0 Å². The van der Waals surface area contributed by atoms with Crippen LogP contribution < -0.4 is 5.32 Å². The lowest BCUT2D eigenvalue weighted by atomic mass is 10.2. The summed E-state index contributed by atoms with van der Waals surface area (Å²) in [6.07, 6.45) is 3.81. The van der Waals surface area contributed by atoms with E-state index in [0.29, 0.717) is 0 Å². The fraction of sp³-hybridized carbons (Fsp3) is 0.833. The first-order valence-electron chi connectivity index (χ1n) is 2.90. The highest BCUT2D eigenvalue weighted by molar-refractivity contribution is 5.58. The maximum atomic E-state index is 9.94. The van der Waals surface area contributed by atoms with Crippen LogP contribution in [-0.4, -0.2) is 19.4 Å². The molecule has 0 aliphatic carbocycles. The minimum Gasteiger partial charge on any atom is -0.310 e. The van der Waals surface area contributed by atoms with E-state index in [1.165, 1.54) is 0 Å². The van der Waals surface area contributed by atoms with Crippen molar-refractivity contribution < 1.29 is 4.79 Å². The Kier molecular flexibility index (Phi) is 4.56. The molecule has 0 aromatic rings. The molecular weight excluding hydrogens is 102 g/mol. The van der Waals surface area contributed by atoms with Crippen LogP contribution in [0.5, 0.6) is 0 Å². The molecule has 0 bridgehead atoms. The molecule has 0 aliphatic heterocycles. The van der Waals surface area contributed by atoms with Gasteiger partial charge in [0.05, 0.1) is 6.04 Å². The Morgan fingerprint density at radius 3 is 2.50 bits per heavy atom. The summed E-state index contributed by atoms with van der Waals surface area (Å²) in [6.45, 7) is 2.04. The normalized spacial score (nSPS) is 13.2. The van der Waals surface area contributed by atoms with E-state index in [2.05, 4.69) is 5.32 Å². The summed E-state index contributed by atoms with van der Waals surface area (Å²) >= 11 is 0. The molecule has 0 spiro atoms. The largest absolute Gasteiger partial charge is 0.310 e. The molecule has 1 unspecified atom stereocenters. The van der Waals surface area contributed by atoms with Gasteiger partial charge in [0.2, 0.25) is 6.29 Å². The molecule has 0 heterocycles. The molecule has 47 valence electrons. The Bertz CT molecular complexity index is 63.5. The SMILES string of the molecule is CCCC([C]=O)NC. The van der Waals surface area contributed by atoms with Crippen molar-refractivity contribution in [1.29, 1.82) is 0 Å². The summed E-state index contributed by atoms with van der Waals surface area (Å²) in [4.78, 5) is 9.94. The predicted molar refractivity (Wildman–Crippen MR) is 33.4 cm³/mol. The molecule has 1 N–H and O–H groups in total. The molecule has 0 saturated heterocycles. The van der Waals surface area contributed by atoms with Crippen molar-refractivity contribution in [2.24, 2.45) is 0 Å². The van der Waals surface area contributed by atoms with E-state index in [9.17, 15) is 4.79 Å². The van der Waals surface area contributed by atoms with Crippen molar-refractivity contribution in [3.05, 3.63) is 0 Å². The van der Waals surface area contributed by atoms with E-state index in [0.717, 1.165) is 12.8 Å². The fourth-order valence-corrected chi connectivity index (χ4v) is 0.551. The molecule has 0 aromatic carbocycles. The topological polar surface area (TPSA) is 29.1 Å². The third-order valence-corrected chi connectivity index (χ3v) is 1.07. The highest BCUT2D eigenvalue weighted by atomic mass is 16.1. The second-order valence-electron chi connectivity index (χ2n) is 1.75. The Labute approximate surface area is 50.3 Å². The zero-order chi connectivity index (χ0) is 6.41. The Morgan fingerprint density at radius 1 is 1.75 bits per heavy atom. The van der Waals surface area contributed by atoms with Gasteiger partial charge in [0.25, 0.3) is 0 Å². The molecule has 0 saturated carbocycles. The van der Waals surface area contributed by atoms with Crippen LogP contribution >= 0.6 is 0 Å². The summed E-state index contributed by atoms with van der Waals surface area (Å²) in [6, 6.07) is -0.0556. The van der Waals surface area contributed by atoms with Crippen LogP contribution in [0.2, 0.25) is 0 Å². The third-order valence-electron chi connectivity index (χ3n) is 1.07. The molecule has 1 radical (unpaired) electrons. The van der Waals surface area contributed by atoms with Gasteiger partial charge in [0.1, 0.15) is 0 Å². The van der Waals surface area contributed by atoms with Gasteiger partial charge in [-0.3, -0.25) is 4.79 Å². The van der Waals surface area contributed by atoms with Gasteiger partial charge in [-0.2, -0.15) is 0 Å². The summed E-state index contributed by atoms with van der Waals surface area (Å²) < 4.78 is 0. The first-order valence-corrected chi connectivity index (χ1v) is 2.90. The number of nitrogens with one attached hydrogen (secondary N) is 1. The van der Waals surface area contributed by atoms with E-state index in [1.807, 2.05) is 13.2 Å². The van der Waals surface area contributed by atoms with Gasteiger partial charge in [-0.25, -0.2) is 0 Å². The Morgan fingerprint density at radius 2 is 2.38 bits per heavy atom. The quantitative estimate of drug-likeness (QED) is 0.576. The standard InChI is InChI=1S/C6H12NO/c1-3-4-6(5-8)7-2/h6-7H,3-4H2,1-2H3. The predicted octanol–water partition coefficient (Wildman–Crippen LogP) is 0.484. The maximum Gasteiger partial charge on any atom is 0.216 e. The van der Waals surface area contributed by atoms with E-state index in [1.54, 1.807) is 7.05 Å². The second kappa shape index (κ2) is 4.78. The lowest BCUT2D eigenvalue weighted by Crippen LogP contribution is -2.25. The van der Waals surface area contributed by atoms with Gasteiger partial charge in [0.15, 0.2) is 0 Å². The lowest BCUT2D eigenvalue weighted by molar-refractivity contribution is 0.515. The molecule has 1 atom stereocenters. The lowest BCUT2D eigenvalue weighted by Gasteiger charge is -2.02. The van der Waals surface area contributed by atoms with Crippen LogP contribution in [0.3, 0.4) is 0 Å². The van der Waals surface area contributed by atoms with Crippen molar-refractivity contribution in [2.75, 3.05) is 7.05 Å². The minimum atomic E-state index is -0.0556. The van der Waals surface area contributed by atoms with Crippen LogP contribution in [-0.2, 0) is 4.79 Å². The van der Waals surface area contributed by atoms with Crippen LogP contribution in [0.25, 0.3) is 0 Å². The van der Waals surface area contributed by atoms with Crippen molar-refractivity contribution in [1.82, 2.24) is 5.32 Å². The van der Waals surface area contributed by atoms with Crippen LogP contribution in [0.4, 0.5) is 0 Å². The minimum absolute atomic E-state index is 0.0556. The van der Waals surface area contributed by atoms with E-state index in [-0.39, 0.29) is 6.04 Å². The fourth-order valence-electron chi connectivity index (χ4n) is 0.551. The molecule has 0 fully saturated rings. The van der Waals surface area contributed by atoms with Crippen LogP contribution in [0, 0.1) is 0 Å². The molecule has 0 rings (SSSR count).